The molecule has 7 nitrogen and oxygen atoms in total. The SMILES string of the molecule is CC(=N)N(C)S(=O)(=O)c1c2c(OCCF)cccc2nn1C. The summed E-state index contributed by atoms with van der Waals surface area (Å²) in [6.45, 7) is 0.516. The maximum absolute atomic E-state index is 12.7. The molecule has 2 rings (SSSR count). The minimum atomic E-state index is -3.96. The monoisotopic (exact) mass is 328 g/mol. The van der Waals surface area contributed by atoms with Crippen LogP contribution in [0.4, 0.5) is 4.39 Å². The van der Waals surface area contributed by atoms with Gasteiger partial charge in [-0.2, -0.15) is 13.5 Å². The highest BCUT2D eigenvalue weighted by Gasteiger charge is 2.30. The molecule has 0 aliphatic heterocycles. The molecule has 2 aromatic rings. The Kier molecular flexibility index (Phi) is 4.36. The van der Waals surface area contributed by atoms with Crippen LogP contribution in [0, 0.1) is 5.41 Å². The molecule has 0 aliphatic rings. The van der Waals surface area contributed by atoms with Crippen molar-refractivity contribution in [2.45, 2.75) is 11.9 Å². The lowest BCUT2D eigenvalue weighted by Crippen LogP contribution is -2.32. The first kappa shape index (κ1) is 16.2. The number of sulfonamides is 1. The van der Waals surface area contributed by atoms with Gasteiger partial charge in [0.05, 0.1) is 10.9 Å². The van der Waals surface area contributed by atoms with E-state index in [-0.39, 0.29) is 28.6 Å². The average Bonchev–Trinajstić information content (AvgIpc) is 2.81. The van der Waals surface area contributed by atoms with Crippen molar-refractivity contribution in [1.82, 2.24) is 14.1 Å². The highest BCUT2D eigenvalue weighted by atomic mass is 32.2. The normalized spacial score (nSPS) is 11.6. The lowest BCUT2D eigenvalue weighted by atomic mass is 10.2. The second kappa shape index (κ2) is 5.91. The van der Waals surface area contributed by atoms with Gasteiger partial charge in [-0.15, -0.1) is 0 Å². The van der Waals surface area contributed by atoms with Crippen LogP contribution in [0.1, 0.15) is 6.92 Å². The zero-order chi connectivity index (χ0) is 16.5. The van der Waals surface area contributed by atoms with E-state index in [2.05, 4.69) is 5.10 Å². The smallest absolute Gasteiger partial charge is 0.282 e. The Morgan fingerprint density at radius 3 is 2.77 bits per heavy atom. The Balaban J connectivity index is 2.73. The maximum Gasteiger partial charge on any atom is 0.282 e. The number of ether oxygens (including phenoxy) is 1. The van der Waals surface area contributed by atoms with Crippen LogP contribution in [-0.4, -0.2) is 48.7 Å². The van der Waals surface area contributed by atoms with E-state index in [9.17, 15) is 12.8 Å². The molecule has 0 aliphatic carbocycles. The molecule has 0 unspecified atom stereocenters. The second-order valence-electron chi connectivity index (χ2n) is 4.67. The van der Waals surface area contributed by atoms with Crippen LogP contribution in [0.5, 0.6) is 5.75 Å². The first-order valence-electron chi connectivity index (χ1n) is 6.49. The number of aryl methyl sites for hydroxylation is 1. The van der Waals surface area contributed by atoms with Crippen molar-refractivity contribution in [2.24, 2.45) is 7.05 Å². The van der Waals surface area contributed by atoms with Crippen molar-refractivity contribution in [3.05, 3.63) is 18.2 Å². The standard InChI is InChI=1S/C13H17FN4O3S/c1-9(15)18(3)22(19,20)13-12-10(16-17(13)2)5-4-6-11(12)21-8-7-14/h4-6,15H,7-8H2,1-3H3. The Morgan fingerprint density at radius 1 is 1.50 bits per heavy atom. The molecule has 0 bridgehead atoms. The zero-order valence-corrected chi connectivity index (χ0v) is 13.3. The van der Waals surface area contributed by atoms with Crippen LogP contribution in [0.25, 0.3) is 10.9 Å². The molecule has 120 valence electrons. The first-order valence-corrected chi connectivity index (χ1v) is 7.93. The Hall–Kier alpha value is -2.16. The molecular weight excluding hydrogens is 311 g/mol. The molecule has 1 heterocycles. The number of alkyl halides is 1. The van der Waals surface area contributed by atoms with E-state index in [1.165, 1.54) is 25.7 Å². The van der Waals surface area contributed by atoms with E-state index in [1.807, 2.05) is 0 Å². The second-order valence-corrected chi connectivity index (χ2v) is 6.56. The van der Waals surface area contributed by atoms with Crippen molar-refractivity contribution in [2.75, 3.05) is 20.3 Å². The molecule has 1 aromatic carbocycles. The Morgan fingerprint density at radius 2 is 2.18 bits per heavy atom. The fourth-order valence-corrected chi connectivity index (χ4v) is 3.52. The summed E-state index contributed by atoms with van der Waals surface area (Å²) in [6.07, 6.45) is 0. The van der Waals surface area contributed by atoms with Gasteiger partial charge in [-0.1, -0.05) is 6.07 Å². The molecule has 1 aromatic heterocycles. The molecule has 0 saturated carbocycles. The summed E-state index contributed by atoms with van der Waals surface area (Å²) in [6, 6.07) is 4.87. The fraction of sp³-hybridized carbons (Fsp3) is 0.385. The fourth-order valence-electron chi connectivity index (χ4n) is 2.06. The van der Waals surface area contributed by atoms with Crippen LogP contribution < -0.4 is 4.74 Å². The number of amidine groups is 1. The molecule has 1 N–H and O–H groups in total. The lowest BCUT2D eigenvalue weighted by molar-refractivity contribution is 0.275. The van der Waals surface area contributed by atoms with E-state index in [1.54, 1.807) is 18.2 Å². The van der Waals surface area contributed by atoms with Crippen molar-refractivity contribution in [3.63, 3.8) is 0 Å². The van der Waals surface area contributed by atoms with Gasteiger partial charge >= 0.3 is 0 Å². The topological polar surface area (TPSA) is 88.3 Å². The van der Waals surface area contributed by atoms with E-state index >= 15 is 0 Å². The number of benzene rings is 1. The summed E-state index contributed by atoms with van der Waals surface area (Å²) in [5.74, 6) is 0.120. The summed E-state index contributed by atoms with van der Waals surface area (Å²) in [5, 5.41) is 11.9. The summed E-state index contributed by atoms with van der Waals surface area (Å²) >= 11 is 0. The van der Waals surface area contributed by atoms with Gasteiger partial charge in [0.25, 0.3) is 10.0 Å². The minimum Gasteiger partial charge on any atom is -0.490 e. The molecule has 22 heavy (non-hydrogen) atoms. The Bertz CT molecular complexity index is 816. The quantitative estimate of drug-likeness (QED) is 0.666. The van der Waals surface area contributed by atoms with Gasteiger partial charge in [0, 0.05) is 14.1 Å². The Labute approximate surface area is 127 Å². The van der Waals surface area contributed by atoms with Gasteiger partial charge in [0.15, 0.2) is 5.03 Å². The van der Waals surface area contributed by atoms with Crippen LogP contribution in [-0.2, 0) is 17.1 Å². The van der Waals surface area contributed by atoms with Gasteiger partial charge in [0.1, 0.15) is 24.9 Å². The van der Waals surface area contributed by atoms with Crippen molar-refractivity contribution < 1.29 is 17.5 Å². The summed E-state index contributed by atoms with van der Waals surface area (Å²) in [5.41, 5.74) is 0.425. The number of nitrogens with zero attached hydrogens (tertiary/aromatic N) is 3. The third-order valence-corrected chi connectivity index (χ3v) is 5.13. The molecule has 0 saturated heterocycles. The molecule has 0 spiro atoms. The number of hydrogen-bond acceptors (Lipinski definition) is 5. The number of nitrogens with one attached hydrogen (secondary N) is 1. The van der Waals surface area contributed by atoms with Crippen molar-refractivity contribution >= 4 is 26.8 Å². The third-order valence-electron chi connectivity index (χ3n) is 3.18. The third kappa shape index (κ3) is 2.63. The van der Waals surface area contributed by atoms with Crippen molar-refractivity contribution in [3.8, 4) is 5.75 Å². The van der Waals surface area contributed by atoms with E-state index < -0.39 is 16.7 Å². The molecule has 0 atom stereocenters. The summed E-state index contributed by atoms with van der Waals surface area (Å²) in [7, 11) is -1.17. The van der Waals surface area contributed by atoms with Crippen LogP contribution in [0.15, 0.2) is 23.2 Å². The van der Waals surface area contributed by atoms with E-state index in [4.69, 9.17) is 10.1 Å². The number of fused-ring (bicyclic) bond motifs is 1. The molecular formula is C13H17FN4O3S. The molecule has 9 heteroatoms. The zero-order valence-electron chi connectivity index (χ0n) is 12.5. The largest absolute Gasteiger partial charge is 0.490 e. The van der Waals surface area contributed by atoms with Gasteiger partial charge in [-0.3, -0.25) is 14.4 Å². The number of rotatable bonds is 5. The van der Waals surface area contributed by atoms with Crippen LogP contribution >= 0.6 is 0 Å². The highest BCUT2D eigenvalue weighted by molar-refractivity contribution is 7.89. The predicted molar refractivity (Wildman–Crippen MR) is 80.5 cm³/mol. The maximum atomic E-state index is 12.7. The summed E-state index contributed by atoms with van der Waals surface area (Å²) < 4.78 is 45.1. The van der Waals surface area contributed by atoms with Crippen LogP contribution in [0.2, 0.25) is 0 Å². The van der Waals surface area contributed by atoms with Gasteiger partial charge in [-0.05, 0) is 19.1 Å². The van der Waals surface area contributed by atoms with E-state index in [0.29, 0.717) is 5.52 Å². The van der Waals surface area contributed by atoms with Crippen LogP contribution in [0.3, 0.4) is 0 Å². The predicted octanol–water partition coefficient (Wildman–Crippen LogP) is 1.54. The lowest BCUT2D eigenvalue weighted by Gasteiger charge is -2.18. The minimum absolute atomic E-state index is 0.0916. The summed E-state index contributed by atoms with van der Waals surface area (Å²) in [4.78, 5) is 0. The number of halogens is 1. The van der Waals surface area contributed by atoms with Gasteiger partial charge in [0.2, 0.25) is 0 Å². The first-order chi connectivity index (χ1) is 10.3. The van der Waals surface area contributed by atoms with Gasteiger partial charge < -0.3 is 4.74 Å². The van der Waals surface area contributed by atoms with E-state index in [0.717, 1.165) is 4.31 Å². The molecule has 0 fully saturated rings. The number of aromatic nitrogens is 2. The van der Waals surface area contributed by atoms with Crippen molar-refractivity contribution in [1.29, 1.82) is 5.41 Å². The number of hydrogen-bond donors (Lipinski definition) is 1. The molecule has 0 amide bonds. The average molecular weight is 328 g/mol. The van der Waals surface area contributed by atoms with Gasteiger partial charge in [-0.25, -0.2) is 4.39 Å². The molecule has 0 radical (unpaired) electrons. The highest BCUT2D eigenvalue weighted by Crippen LogP contribution is 2.32.